The van der Waals surface area contributed by atoms with Crippen LogP contribution in [0.2, 0.25) is 0 Å². The van der Waals surface area contributed by atoms with Crippen LogP contribution >= 0.6 is 0 Å². The molecule has 4 rings (SSSR count). The van der Waals surface area contributed by atoms with Crippen LogP contribution in [0.3, 0.4) is 0 Å². The standard InChI is InChI=1S/C21H34N2O4/c1-14-4-3-5-15-12-17-18(19(25)21(14,15)2)16(20(26)27-17)13-23-8-6-22(7-9-23)10-11-24/h5,14,16-19,24-25H,3-4,6-13H2,1-2H3/t14-,16?,17+,18+,19-,21+/m0/s1. The van der Waals surface area contributed by atoms with Crippen molar-refractivity contribution in [2.75, 3.05) is 45.9 Å². The van der Waals surface area contributed by atoms with Crippen molar-refractivity contribution >= 4 is 5.97 Å². The van der Waals surface area contributed by atoms with E-state index >= 15 is 0 Å². The lowest BCUT2D eigenvalue weighted by Gasteiger charge is -2.52. The molecular formula is C21H34N2O4. The molecule has 0 aromatic rings. The van der Waals surface area contributed by atoms with Gasteiger partial charge in [-0.15, -0.1) is 0 Å². The van der Waals surface area contributed by atoms with Crippen LogP contribution in [0.1, 0.15) is 33.1 Å². The number of carbonyl (C=O) groups excluding carboxylic acids is 1. The maximum Gasteiger partial charge on any atom is 0.311 e. The first kappa shape index (κ1) is 19.4. The minimum atomic E-state index is -0.523. The van der Waals surface area contributed by atoms with Gasteiger partial charge in [-0.05, 0) is 18.8 Å². The van der Waals surface area contributed by atoms with Crippen molar-refractivity contribution in [2.45, 2.75) is 45.3 Å². The normalized spacial score (nSPS) is 43.0. The highest BCUT2D eigenvalue weighted by atomic mass is 16.6. The van der Waals surface area contributed by atoms with Gasteiger partial charge in [-0.3, -0.25) is 14.6 Å². The van der Waals surface area contributed by atoms with E-state index in [9.17, 15) is 9.90 Å². The zero-order valence-corrected chi connectivity index (χ0v) is 16.6. The third-order valence-electron chi connectivity index (χ3n) is 7.91. The van der Waals surface area contributed by atoms with Gasteiger partial charge >= 0.3 is 5.97 Å². The molecule has 6 nitrogen and oxygen atoms in total. The topological polar surface area (TPSA) is 73.2 Å². The van der Waals surface area contributed by atoms with Gasteiger partial charge in [0.2, 0.25) is 0 Å². The molecule has 0 amide bonds. The van der Waals surface area contributed by atoms with E-state index in [1.165, 1.54) is 5.57 Å². The Kier molecular flexibility index (Phi) is 5.36. The summed E-state index contributed by atoms with van der Waals surface area (Å²) < 4.78 is 5.77. The van der Waals surface area contributed by atoms with E-state index in [0.29, 0.717) is 19.0 Å². The second-order valence-corrected chi connectivity index (χ2v) is 9.16. The van der Waals surface area contributed by atoms with E-state index in [0.717, 1.165) is 45.4 Å². The summed E-state index contributed by atoms with van der Waals surface area (Å²) in [7, 11) is 0. The minimum Gasteiger partial charge on any atom is -0.461 e. The molecule has 1 saturated carbocycles. The first-order valence-corrected chi connectivity index (χ1v) is 10.6. The predicted molar refractivity (Wildman–Crippen MR) is 102 cm³/mol. The van der Waals surface area contributed by atoms with Gasteiger partial charge in [0, 0.05) is 57.0 Å². The maximum absolute atomic E-state index is 12.7. The van der Waals surface area contributed by atoms with Crippen LogP contribution in [0, 0.1) is 23.2 Å². The smallest absolute Gasteiger partial charge is 0.311 e. The van der Waals surface area contributed by atoms with Gasteiger partial charge in [0.05, 0.1) is 18.6 Å². The van der Waals surface area contributed by atoms with E-state index in [1.807, 2.05) is 0 Å². The zero-order chi connectivity index (χ0) is 19.2. The number of β-amino-alcohol motifs (C(OH)–C–C–N with tert-alkyl or cyclic N) is 1. The summed E-state index contributed by atoms with van der Waals surface area (Å²) in [6.45, 7) is 9.65. The van der Waals surface area contributed by atoms with Crippen LogP contribution in [0.15, 0.2) is 11.6 Å². The molecule has 6 atom stereocenters. The van der Waals surface area contributed by atoms with Crippen molar-refractivity contribution in [3.8, 4) is 0 Å². The Morgan fingerprint density at radius 1 is 1.26 bits per heavy atom. The third kappa shape index (κ3) is 3.24. The van der Waals surface area contributed by atoms with E-state index in [4.69, 9.17) is 9.84 Å². The van der Waals surface area contributed by atoms with Crippen molar-refractivity contribution in [3.63, 3.8) is 0 Å². The summed E-state index contributed by atoms with van der Waals surface area (Å²) in [6.07, 6.45) is 4.53. The molecular weight excluding hydrogens is 344 g/mol. The summed E-state index contributed by atoms with van der Waals surface area (Å²) in [5.41, 5.74) is 1.06. The van der Waals surface area contributed by atoms with Gasteiger partial charge < -0.3 is 14.9 Å². The molecule has 6 heteroatoms. The molecule has 0 spiro atoms. The number of piperazine rings is 1. The van der Waals surface area contributed by atoms with Gasteiger partial charge in [0.25, 0.3) is 0 Å². The lowest BCUT2D eigenvalue weighted by atomic mass is 9.55. The highest BCUT2D eigenvalue weighted by Crippen LogP contribution is 2.56. The third-order valence-corrected chi connectivity index (χ3v) is 7.91. The van der Waals surface area contributed by atoms with Crippen molar-refractivity contribution in [1.82, 2.24) is 9.80 Å². The van der Waals surface area contributed by atoms with Crippen molar-refractivity contribution in [2.24, 2.45) is 23.2 Å². The average Bonchev–Trinajstić information content (AvgIpc) is 2.95. The minimum absolute atomic E-state index is 0.101. The molecule has 2 aliphatic carbocycles. The monoisotopic (exact) mass is 378 g/mol. The van der Waals surface area contributed by atoms with Gasteiger partial charge in [-0.2, -0.15) is 0 Å². The Balaban J connectivity index is 1.48. The van der Waals surface area contributed by atoms with Crippen molar-refractivity contribution in [1.29, 1.82) is 0 Å². The number of nitrogens with zero attached hydrogens (tertiary/aromatic N) is 2. The van der Waals surface area contributed by atoms with E-state index in [1.54, 1.807) is 0 Å². The molecule has 2 heterocycles. The Labute approximate surface area is 162 Å². The van der Waals surface area contributed by atoms with Crippen molar-refractivity contribution in [3.05, 3.63) is 11.6 Å². The molecule has 0 aromatic carbocycles. The number of rotatable bonds is 4. The lowest BCUT2D eigenvalue weighted by Crippen LogP contribution is -2.55. The fourth-order valence-corrected chi connectivity index (χ4v) is 5.89. The first-order valence-electron chi connectivity index (χ1n) is 10.6. The average molecular weight is 379 g/mol. The lowest BCUT2D eigenvalue weighted by molar-refractivity contribution is -0.145. The molecule has 0 aromatic heterocycles. The largest absolute Gasteiger partial charge is 0.461 e. The second kappa shape index (κ2) is 7.47. The SMILES string of the molecule is C[C@H]1CCC=C2C[C@H]3OC(=O)C(CN4CCN(CCO)CC4)[C@H]3[C@H](O)[C@@]21C. The van der Waals surface area contributed by atoms with Crippen LogP contribution in [-0.4, -0.2) is 84.1 Å². The number of aliphatic hydroxyl groups is 2. The number of carbonyl (C=O) groups is 1. The molecule has 2 aliphatic heterocycles. The van der Waals surface area contributed by atoms with Gasteiger partial charge in [0.15, 0.2) is 0 Å². The molecule has 4 aliphatic rings. The first-order chi connectivity index (χ1) is 12.9. The number of ether oxygens (including phenoxy) is 1. The zero-order valence-electron chi connectivity index (χ0n) is 16.6. The summed E-state index contributed by atoms with van der Waals surface area (Å²) in [5, 5.41) is 20.5. The quantitative estimate of drug-likeness (QED) is 0.559. The highest BCUT2D eigenvalue weighted by molar-refractivity contribution is 5.76. The number of allylic oxidation sites excluding steroid dienone is 1. The fourth-order valence-electron chi connectivity index (χ4n) is 5.89. The molecule has 2 N–H and O–H groups in total. The van der Waals surface area contributed by atoms with Gasteiger partial charge in [-0.25, -0.2) is 0 Å². The van der Waals surface area contributed by atoms with E-state index < -0.39 is 6.10 Å². The van der Waals surface area contributed by atoms with Gasteiger partial charge in [-0.1, -0.05) is 25.5 Å². The van der Waals surface area contributed by atoms with Crippen LogP contribution in [0.4, 0.5) is 0 Å². The van der Waals surface area contributed by atoms with E-state index in [2.05, 4.69) is 29.7 Å². The number of esters is 1. The Morgan fingerprint density at radius 2 is 1.96 bits per heavy atom. The molecule has 152 valence electrons. The predicted octanol–water partition coefficient (Wildman–Crippen LogP) is 0.881. The molecule has 3 fully saturated rings. The summed E-state index contributed by atoms with van der Waals surface area (Å²) in [5.74, 6) is -0.0401. The molecule has 27 heavy (non-hydrogen) atoms. The van der Waals surface area contributed by atoms with Crippen molar-refractivity contribution < 1.29 is 19.7 Å². The second-order valence-electron chi connectivity index (χ2n) is 9.16. The highest BCUT2D eigenvalue weighted by Gasteiger charge is 2.59. The molecule has 0 radical (unpaired) electrons. The number of hydrogen-bond acceptors (Lipinski definition) is 6. The van der Waals surface area contributed by atoms with Gasteiger partial charge in [0.1, 0.15) is 6.10 Å². The fraction of sp³-hybridized carbons (Fsp3) is 0.857. The number of hydrogen-bond donors (Lipinski definition) is 2. The summed E-state index contributed by atoms with van der Waals surface area (Å²) in [6, 6.07) is 0. The Bertz CT molecular complexity index is 601. The molecule has 1 unspecified atom stereocenters. The Hall–Kier alpha value is -0.950. The van der Waals surface area contributed by atoms with E-state index in [-0.39, 0.29) is 35.9 Å². The molecule has 0 bridgehead atoms. The summed E-state index contributed by atoms with van der Waals surface area (Å²) >= 11 is 0. The Morgan fingerprint density at radius 3 is 2.67 bits per heavy atom. The molecule has 2 saturated heterocycles. The summed E-state index contributed by atoms with van der Waals surface area (Å²) in [4.78, 5) is 17.3. The van der Waals surface area contributed by atoms with Crippen LogP contribution in [-0.2, 0) is 9.53 Å². The van der Waals surface area contributed by atoms with Crippen LogP contribution in [0.25, 0.3) is 0 Å². The number of aliphatic hydroxyl groups excluding tert-OH is 2. The number of fused-ring (bicyclic) bond motifs is 2. The maximum atomic E-state index is 12.7. The van der Waals surface area contributed by atoms with Crippen LogP contribution < -0.4 is 0 Å². The van der Waals surface area contributed by atoms with Crippen LogP contribution in [0.5, 0.6) is 0 Å².